The van der Waals surface area contributed by atoms with Crippen molar-refractivity contribution >= 4 is 21.8 Å². The first-order valence-electron chi connectivity index (χ1n) is 9.23. The van der Waals surface area contributed by atoms with Gasteiger partial charge >= 0.3 is 0 Å². The zero-order valence-corrected chi connectivity index (χ0v) is 16.9. The van der Waals surface area contributed by atoms with Gasteiger partial charge in [0.15, 0.2) is 0 Å². The number of nitrogens with one attached hydrogen (secondary N) is 2. The monoisotopic (exact) mass is 417 g/mol. The van der Waals surface area contributed by atoms with Crippen molar-refractivity contribution in [3.63, 3.8) is 0 Å². The van der Waals surface area contributed by atoms with E-state index in [9.17, 15) is 18.0 Å². The highest BCUT2D eigenvalue weighted by molar-refractivity contribution is 7.89. The van der Waals surface area contributed by atoms with Gasteiger partial charge in [-0.25, -0.2) is 8.42 Å². The second kappa shape index (κ2) is 9.06. The van der Waals surface area contributed by atoms with E-state index >= 15 is 0 Å². The van der Waals surface area contributed by atoms with E-state index in [1.807, 2.05) is 18.2 Å². The molecule has 1 fully saturated rings. The third-order valence-corrected chi connectivity index (χ3v) is 6.55. The highest BCUT2D eigenvalue weighted by atomic mass is 32.2. The molecular formula is C20H23N3O5S. The number of hydrogen-bond acceptors (Lipinski definition) is 5. The second-order valence-corrected chi connectivity index (χ2v) is 8.55. The van der Waals surface area contributed by atoms with Gasteiger partial charge in [-0.1, -0.05) is 30.3 Å². The van der Waals surface area contributed by atoms with Gasteiger partial charge in [0, 0.05) is 18.7 Å². The molecule has 1 saturated heterocycles. The smallest absolute Gasteiger partial charge is 0.269 e. The number of carbonyl (C=O) groups excluding carboxylic acids is 2. The number of methoxy groups -OCH3 is 1. The third-order valence-electron chi connectivity index (χ3n) is 4.63. The number of sulfonamides is 1. The molecule has 0 aliphatic carbocycles. The Kier molecular flexibility index (Phi) is 6.50. The number of ether oxygens (including phenoxy) is 1. The Bertz CT molecular complexity index is 986. The maximum atomic E-state index is 12.9. The molecule has 0 spiro atoms. The topological polar surface area (TPSA) is 105 Å². The molecule has 2 amide bonds. The van der Waals surface area contributed by atoms with Crippen molar-refractivity contribution in [2.75, 3.05) is 20.2 Å². The van der Waals surface area contributed by atoms with Crippen LogP contribution in [0.4, 0.5) is 0 Å². The van der Waals surface area contributed by atoms with Crippen LogP contribution < -0.4 is 15.6 Å². The fourth-order valence-electron chi connectivity index (χ4n) is 3.11. The van der Waals surface area contributed by atoms with E-state index in [2.05, 4.69) is 10.9 Å². The summed E-state index contributed by atoms with van der Waals surface area (Å²) in [5.41, 5.74) is 5.57. The number of benzene rings is 2. The van der Waals surface area contributed by atoms with Gasteiger partial charge in [-0.15, -0.1) is 0 Å². The Morgan fingerprint density at radius 2 is 1.72 bits per heavy atom. The SMILES string of the molecule is COc1ccc(C(=O)NNC(=O)Cc2ccccc2)cc1S(=O)(=O)N1CCCC1. The lowest BCUT2D eigenvalue weighted by Crippen LogP contribution is -2.42. The molecule has 0 aromatic heterocycles. The minimum absolute atomic E-state index is 0.0647. The van der Waals surface area contributed by atoms with Crippen LogP contribution in [0, 0.1) is 0 Å². The van der Waals surface area contributed by atoms with Crippen LogP contribution in [0.1, 0.15) is 28.8 Å². The Balaban J connectivity index is 1.71. The summed E-state index contributed by atoms with van der Waals surface area (Å²) >= 11 is 0. The number of nitrogens with zero attached hydrogens (tertiary/aromatic N) is 1. The molecule has 1 heterocycles. The molecule has 0 atom stereocenters. The minimum Gasteiger partial charge on any atom is -0.495 e. The molecule has 1 aliphatic rings. The van der Waals surface area contributed by atoms with Gasteiger partial charge < -0.3 is 4.74 Å². The summed E-state index contributed by atoms with van der Waals surface area (Å²) in [7, 11) is -2.39. The zero-order chi connectivity index (χ0) is 20.9. The molecular weight excluding hydrogens is 394 g/mol. The van der Waals surface area contributed by atoms with Gasteiger partial charge in [0.25, 0.3) is 5.91 Å². The average molecular weight is 417 g/mol. The summed E-state index contributed by atoms with van der Waals surface area (Å²) in [4.78, 5) is 24.4. The molecule has 3 rings (SSSR count). The molecule has 0 bridgehead atoms. The van der Waals surface area contributed by atoms with Crippen molar-refractivity contribution < 1.29 is 22.7 Å². The van der Waals surface area contributed by atoms with Gasteiger partial charge in [0.1, 0.15) is 10.6 Å². The summed E-state index contributed by atoms with van der Waals surface area (Å²) in [6.45, 7) is 0.884. The standard InChI is InChI=1S/C20H23N3O5S/c1-28-17-10-9-16(14-18(17)29(26,27)23-11-5-6-12-23)20(25)22-21-19(24)13-15-7-3-2-4-8-15/h2-4,7-10,14H,5-6,11-13H2,1H3,(H,21,24)(H,22,25). The van der Waals surface area contributed by atoms with Crippen LogP contribution in [0.2, 0.25) is 0 Å². The quantitative estimate of drug-likeness (QED) is 0.693. The summed E-state index contributed by atoms with van der Waals surface area (Å²) in [6.07, 6.45) is 1.71. The van der Waals surface area contributed by atoms with Gasteiger partial charge in [-0.2, -0.15) is 4.31 Å². The van der Waals surface area contributed by atoms with Gasteiger partial charge in [0.2, 0.25) is 15.9 Å². The largest absolute Gasteiger partial charge is 0.495 e. The summed E-state index contributed by atoms with van der Waals surface area (Å²) in [5.74, 6) is -0.837. The van der Waals surface area contributed by atoms with Crippen molar-refractivity contribution in [3.05, 3.63) is 59.7 Å². The molecule has 0 unspecified atom stereocenters. The van der Waals surface area contributed by atoms with Crippen LogP contribution >= 0.6 is 0 Å². The van der Waals surface area contributed by atoms with E-state index in [4.69, 9.17) is 4.74 Å². The molecule has 8 nitrogen and oxygen atoms in total. The predicted octanol–water partition coefficient (Wildman–Crippen LogP) is 1.48. The molecule has 1 aliphatic heterocycles. The Labute approximate surface area is 169 Å². The summed E-state index contributed by atoms with van der Waals surface area (Å²) in [6, 6.07) is 13.2. The molecule has 154 valence electrons. The van der Waals surface area contributed by atoms with E-state index in [1.54, 1.807) is 12.1 Å². The molecule has 2 N–H and O–H groups in total. The number of amides is 2. The molecule has 0 saturated carbocycles. The Hall–Kier alpha value is -2.91. The van der Waals surface area contributed by atoms with Crippen LogP contribution in [0.3, 0.4) is 0 Å². The van der Waals surface area contributed by atoms with Crippen molar-refractivity contribution in [2.24, 2.45) is 0 Å². The van der Waals surface area contributed by atoms with E-state index in [-0.39, 0.29) is 28.5 Å². The van der Waals surface area contributed by atoms with Crippen molar-refractivity contribution in [2.45, 2.75) is 24.2 Å². The van der Waals surface area contributed by atoms with Crippen LogP contribution in [-0.2, 0) is 21.2 Å². The summed E-state index contributed by atoms with van der Waals surface area (Å²) in [5, 5.41) is 0. The van der Waals surface area contributed by atoms with Crippen molar-refractivity contribution in [1.29, 1.82) is 0 Å². The highest BCUT2D eigenvalue weighted by Gasteiger charge is 2.30. The zero-order valence-electron chi connectivity index (χ0n) is 16.1. The second-order valence-electron chi connectivity index (χ2n) is 6.64. The number of rotatable bonds is 6. The first-order chi connectivity index (χ1) is 13.9. The minimum atomic E-state index is -3.77. The Morgan fingerprint density at radius 1 is 1.03 bits per heavy atom. The van der Waals surface area contributed by atoms with Crippen LogP contribution in [-0.4, -0.2) is 44.7 Å². The average Bonchev–Trinajstić information content (AvgIpc) is 3.28. The van der Waals surface area contributed by atoms with Crippen LogP contribution in [0.15, 0.2) is 53.4 Å². The van der Waals surface area contributed by atoms with Crippen molar-refractivity contribution in [3.8, 4) is 5.75 Å². The van der Waals surface area contributed by atoms with E-state index < -0.39 is 15.9 Å². The lowest BCUT2D eigenvalue weighted by Gasteiger charge is -2.18. The first-order valence-corrected chi connectivity index (χ1v) is 10.7. The van der Waals surface area contributed by atoms with Gasteiger partial charge in [0.05, 0.1) is 13.5 Å². The highest BCUT2D eigenvalue weighted by Crippen LogP contribution is 2.29. The third kappa shape index (κ3) is 4.93. The number of carbonyl (C=O) groups is 2. The summed E-state index contributed by atoms with van der Waals surface area (Å²) < 4.78 is 32.4. The fourth-order valence-corrected chi connectivity index (χ4v) is 4.81. The molecule has 0 radical (unpaired) electrons. The lowest BCUT2D eigenvalue weighted by molar-refractivity contribution is -0.121. The van der Waals surface area contributed by atoms with E-state index in [0.29, 0.717) is 13.1 Å². The van der Waals surface area contributed by atoms with Gasteiger partial charge in [-0.3, -0.25) is 20.4 Å². The predicted molar refractivity (Wildman–Crippen MR) is 107 cm³/mol. The normalized spacial score (nSPS) is 14.4. The number of hydrazine groups is 1. The maximum absolute atomic E-state index is 12.9. The van der Waals surface area contributed by atoms with E-state index in [0.717, 1.165) is 18.4 Å². The van der Waals surface area contributed by atoms with Crippen LogP contribution in [0.25, 0.3) is 0 Å². The van der Waals surface area contributed by atoms with Gasteiger partial charge in [-0.05, 0) is 36.6 Å². The molecule has 2 aromatic carbocycles. The maximum Gasteiger partial charge on any atom is 0.269 e. The van der Waals surface area contributed by atoms with E-state index in [1.165, 1.54) is 29.6 Å². The number of hydrogen-bond donors (Lipinski definition) is 2. The van der Waals surface area contributed by atoms with Crippen LogP contribution in [0.5, 0.6) is 5.75 Å². The molecule has 2 aromatic rings. The van der Waals surface area contributed by atoms with Crippen molar-refractivity contribution in [1.82, 2.24) is 15.2 Å². The molecule has 29 heavy (non-hydrogen) atoms. The molecule has 9 heteroatoms. The first kappa shape index (κ1) is 20.8. The Morgan fingerprint density at radius 3 is 2.38 bits per heavy atom. The lowest BCUT2D eigenvalue weighted by atomic mass is 10.1. The fraction of sp³-hybridized carbons (Fsp3) is 0.300.